The van der Waals surface area contributed by atoms with Gasteiger partial charge in [0.25, 0.3) is 0 Å². The zero-order valence-electron chi connectivity index (χ0n) is 6.87. The molecule has 1 heterocycles. The Kier molecular flexibility index (Phi) is 1.61. The Bertz CT molecular complexity index is 319. The SMILES string of the molecule is CN1C=Cc2ccccc2C1F. The molecule has 1 aliphatic rings. The molecule has 0 amide bonds. The van der Waals surface area contributed by atoms with Crippen LogP contribution in [0.5, 0.6) is 0 Å². The smallest absolute Gasteiger partial charge is 0.198 e. The molecule has 2 rings (SSSR count). The fraction of sp³-hybridized carbons (Fsp3) is 0.200. The van der Waals surface area contributed by atoms with Crippen molar-refractivity contribution >= 4 is 6.08 Å². The second-order valence-corrected chi connectivity index (χ2v) is 2.95. The topological polar surface area (TPSA) is 3.24 Å². The third-order valence-corrected chi connectivity index (χ3v) is 2.10. The maximum Gasteiger partial charge on any atom is 0.198 e. The lowest BCUT2D eigenvalue weighted by Gasteiger charge is -2.25. The number of nitrogens with zero attached hydrogens (tertiary/aromatic N) is 1. The van der Waals surface area contributed by atoms with Crippen molar-refractivity contribution in [2.75, 3.05) is 7.05 Å². The van der Waals surface area contributed by atoms with Crippen LogP contribution >= 0.6 is 0 Å². The van der Waals surface area contributed by atoms with Crippen molar-refractivity contribution in [1.29, 1.82) is 0 Å². The Balaban J connectivity index is 2.52. The average Bonchev–Trinajstić information content (AvgIpc) is 2.12. The molecule has 1 aromatic carbocycles. The molecule has 0 bridgehead atoms. The molecule has 0 aliphatic carbocycles. The fourth-order valence-corrected chi connectivity index (χ4v) is 1.37. The first kappa shape index (κ1) is 7.35. The quantitative estimate of drug-likeness (QED) is 0.531. The van der Waals surface area contributed by atoms with Gasteiger partial charge in [-0.25, -0.2) is 4.39 Å². The molecule has 1 unspecified atom stereocenters. The maximum absolute atomic E-state index is 13.4. The Hall–Kier alpha value is -1.31. The monoisotopic (exact) mass is 163 g/mol. The van der Waals surface area contributed by atoms with Crippen LogP contribution in [0.25, 0.3) is 6.08 Å². The largest absolute Gasteiger partial charge is 0.348 e. The molecule has 1 aromatic rings. The van der Waals surface area contributed by atoms with E-state index in [1.54, 1.807) is 18.1 Å². The van der Waals surface area contributed by atoms with Crippen LogP contribution in [0.4, 0.5) is 4.39 Å². The van der Waals surface area contributed by atoms with Crippen LogP contribution in [0.1, 0.15) is 17.4 Å². The number of alkyl halides is 1. The van der Waals surface area contributed by atoms with Gasteiger partial charge in [0, 0.05) is 18.8 Å². The van der Waals surface area contributed by atoms with Crippen molar-refractivity contribution in [3.05, 3.63) is 41.6 Å². The molecule has 12 heavy (non-hydrogen) atoms. The lowest BCUT2D eigenvalue weighted by Crippen LogP contribution is -2.18. The number of hydrogen-bond acceptors (Lipinski definition) is 1. The van der Waals surface area contributed by atoms with E-state index in [4.69, 9.17) is 0 Å². The number of halogens is 1. The maximum atomic E-state index is 13.4. The summed E-state index contributed by atoms with van der Waals surface area (Å²) in [5, 5.41) is 0. The average molecular weight is 163 g/mol. The predicted octanol–water partition coefficient (Wildman–Crippen LogP) is 2.57. The molecule has 0 N–H and O–H groups in total. The van der Waals surface area contributed by atoms with Gasteiger partial charge in [0.2, 0.25) is 0 Å². The Morgan fingerprint density at radius 1 is 1.33 bits per heavy atom. The summed E-state index contributed by atoms with van der Waals surface area (Å²) >= 11 is 0. The van der Waals surface area contributed by atoms with E-state index in [2.05, 4.69) is 0 Å². The summed E-state index contributed by atoms with van der Waals surface area (Å²) in [6.07, 6.45) is 2.68. The molecule has 2 heteroatoms. The number of hydrogen-bond donors (Lipinski definition) is 0. The van der Waals surface area contributed by atoms with Crippen LogP contribution in [0.3, 0.4) is 0 Å². The molecule has 1 atom stereocenters. The van der Waals surface area contributed by atoms with E-state index >= 15 is 0 Å². The van der Waals surface area contributed by atoms with Crippen molar-refractivity contribution < 1.29 is 4.39 Å². The van der Waals surface area contributed by atoms with Crippen molar-refractivity contribution in [1.82, 2.24) is 4.90 Å². The lowest BCUT2D eigenvalue weighted by molar-refractivity contribution is 0.159. The molecular weight excluding hydrogens is 153 g/mol. The first-order chi connectivity index (χ1) is 5.79. The Morgan fingerprint density at radius 2 is 2.08 bits per heavy atom. The van der Waals surface area contributed by atoms with Gasteiger partial charge < -0.3 is 4.90 Å². The minimum atomic E-state index is -0.994. The highest BCUT2D eigenvalue weighted by atomic mass is 19.1. The van der Waals surface area contributed by atoms with E-state index in [1.807, 2.05) is 30.3 Å². The minimum Gasteiger partial charge on any atom is -0.348 e. The molecule has 0 aromatic heterocycles. The predicted molar refractivity (Wildman–Crippen MR) is 47.1 cm³/mol. The molecule has 0 fully saturated rings. The van der Waals surface area contributed by atoms with E-state index in [9.17, 15) is 4.39 Å². The summed E-state index contributed by atoms with van der Waals surface area (Å²) in [7, 11) is 1.73. The number of fused-ring (bicyclic) bond motifs is 1. The van der Waals surface area contributed by atoms with Crippen LogP contribution in [0.15, 0.2) is 30.5 Å². The highest BCUT2D eigenvalue weighted by molar-refractivity contribution is 5.56. The van der Waals surface area contributed by atoms with Crippen molar-refractivity contribution in [3.8, 4) is 0 Å². The van der Waals surface area contributed by atoms with Gasteiger partial charge in [0.1, 0.15) is 0 Å². The van der Waals surface area contributed by atoms with E-state index in [0.29, 0.717) is 0 Å². The van der Waals surface area contributed by atoms with Gasteiger partial charge in [-0.15, -0.1) is 0 Å². The van der Waals surface area contributed by atoms with E-state index in [1.165, 1.54) is 0 Å². The third kappa shape index (κ3) is 0.998. The molecule has 1 nitrogen and oxygen atoms in total. The molecular formula is C10H10FN. The van der Waals surface area contributed by atoms with Gasteiger partial charge in [-0.2, -0.15) is 0 Å². The van der Waals surface area contributed by atoms with Crippen LogP contribution < -0.4 is 0 Å². The Labute approximate surface area is 71.1 Å². The molecule has 0 radical (unpaired) electrons. The number of benzene rings is 1. The molecule has 1 aliphatic heterocycles. The van der Waals surface area contributed by atoms with Gasteiger partial charge in [-0.1, -0.05) is 24.3 Å². The van der Waals surface area contributed by atoms with Crippen LogP contribution in [-0.4, -0.2) is 11.9 Å². The van der Waals surface area contributed by atoms with Crippen molar-refractivity contribution in [3.63, 3.8) is 0 Å². The molecule has 62 valence electrons. The van der Waals surface area contributed by atoms with Crippen molar-refractivity contribution in [2.45, 2.75) is 6.30 Å². The first-order valence-corrected chi connectivity index (χ1v) is 3.92. The van der Waals surface area contributed by atoms with Gasteiger partial charge in [0.15, 0.2) is 6.30 Å². The first-order valence-electron chi connectivity index (χ1n) is 3.92. The van der Waals surface area contributed by atoms with Crippen molar-refractivity contribution in [2.24, 2.45) is 0 Å². The summed E-state index contributed by atoms with van der Waals surface area (Å²) in [5.74, 6) is 0. The summed E-state index contributed by atoms with van der Waals surface area (Å²) in [6, 6.07) is 7.52. The van der Waals surface area contributed by atoms with Crippen LogP contribution in [0, 0.1) is 0 Å². The van der Waals surface area contributed by atoms with E-state index in [-0.39, 0.29) is 0 Å². The molecule has 0 saturated carbocycles. The summed E-state index contributed by atoms with van der Waals surface area (Å²) in [6.45, 7) is 0. The lowest BCUT2D eigenvalue weighted by atomic mass is 10.0. The Morgan fingerprint density at radius 3 is 2.92 bits per heavy atom. The van der Waals surface area contributed by atoms with Gasteiger partial charge in [0.05, 0.1) is 0 Å². The van der Waals surface area contributed by atoms with Gasteiger partial charge in [-0.05, 0) is 11.6 Å². The zero-order chi connectivity index (χ0) is 8.55. The second kappa shape index (κ2) is 2.63. The zero-order valence-corrected chi connectivity index (χ0v) is 6.87. The molecule has 0 saturated heterocycles. The van der Waals surface area contributed by atoms with Crippen LogP contribution in [0.2, 0.25) is 0 Å². The van der Waals surface area contributed by atoms with Crippen LogP contribution in [-0.2, 0) is 0 Å². The highest BCUT2D eigenvalue weighted by Gasteiger charge is 2.18. The van der Waals surface area contributed by atoms with Gasteiger partial charge >= 0.3 is 0 Å². The van der Waals surface area contributed by atoms with E-state index < -0.39 is 6.30 Å². The highest BCUT2D eigenvalue weighted by Crippen LogP contribution is 2.29. The normalized spacial score (nSPS) is 20.8. The fourth-order valence-electron chi connectivity index (χ4n) is 1.37. The second-order valence-electron chi connectivity index (χ2n) is 2.95. The summed E-state index contributed by atoms with van der Waals surface area (Å²) in [5.41, 5.74) is 1.73. The molecule has 0 spiro atoms. The van der Waals surface area contributed by atoms with Gasteiger partial charge in [-0.3, -0.25) is 0 Å². The third-order valence-electron chi connectivity index (χ3n) is 2.10. The standard InChI is InChI=1S/C10H10FN/c1-12-7-6-8-4-2-3-5-9(8)10(12)11/h2-7,10H,1H3. The number of rotatable bonds is 0. The minimum absolute atomic E-state index is 0.752. The summed E-state index contributed by atoms with van der Waals surface area (Å²) in [4.78, 5) is 1.56. The summed E-state index contributed by atoms with van der Waals surface area (Å²) < 4.78 is 13.4. The van der Waals surface area contributed by atoms with E-state index in [0.717, 1.165) is 11.1 Å².